The Bertz CT molecular complexity index is 468. The third-order valence-corrected chi connectivity index (χ3v) is 2.14. The number of nitrogens with zero attached hydrogens (tertiary/aromatic N) is 1. The van der Waals surface area contributed by atoms with Gasteiger partial charge in [0.15, 0.2) is 5.69 Å². The van der Waals surface area contributed by atoms with Crippen LogP contribution in [0, 0.1) is 6.92 Å². The number of nitrogens with one attached hydrogen (secondary N) is 1. The van der Waals surface area contributed by atoms with E-state index in [-0.39, 0.29) is 18.5 Å². The van der Waals surface area contributed by atoms with Gasteiger partial charge in [0.25, 0.3) is 5.91 Å². The molecule has 8 nitrogen and oxygen atoms in total. The second kappa shape index (κ2) is 5.80. The normalized spacial score (nSPS) is 11.8. The first-order valence-electron chi connectivity index (χ1n) is 5.15. The van der Waals surface area contributed by atoms with Crippen molar-refractivity contribution in [2.45, 2.75) is 25.8 Å². The van der Waals surface area contributed by atoms with Gasteiger partial charge in [-0.3, -0.25) is 9.59 Å². The van der Waals surface area contributed by atoms with Crippen LogP contribution in [-0.2, 0) is 9.59 Å². The fraction of sp³-hybridized carbons (Fsp3) is 0.400. The van der Waals surface area contributed by atoms with Gasteiger partial charge >= 0.3 is 5.97 Å². The van der Waals surface area contributed by atoms with Gasteiger partial charge in [0.1, 0.15) is 11.8 Å². The van der Waals surface area contributed by atoms with E-state index in [1.165, 1.54) is 6.07 Å². The Morgan fingerprint density at radius 2 is 2.22 bits per heavy atom. The molecule has 0 fully saturated rings. The molecule has 0 aliphatic carbocycles. The van der Waals surface area contributed by atoms with Crippen LogP contribution in [0.1, 0.15) is 29.1 Å². The number of amides is 2. The van der Waals surface area contributed by atoms with E-state index in [9.17, 15) is 14.4 Å². The minimum atomic E-state index is -1.25. The van der Waals surface area contributed by atoms with Gasteiger partial charge in [-0.25, -0.2) is 4.79 Å². The van der Waals surface area contributed by atoms with Crippen molar-refractivity contribution in [2.75, 3.05) is 0 Å². The van der Waals surface area contributed by atoms with Crippen molar-refractivity contribution in [1.29, 1.82) is 0 Å². The summed E-state index contributed by atoms with van der Waals surface area (Å²) in [5.74, 6) is -2.12. The molecule has 98 valence electrons. The van der Waals surface area contributed by atoms with E-state index in [0.29, 0.717) is 5.76 Å². The number of primary amides is 1. The van der Waals surface area contributed by atoms with Crippen LogP contribution >= 0.6 is 0 Å². The summed E-state index contributed by atoms with van der Waals surface area (Å²) in [6, 6.07) is 0.185. The van der Waals surface area contributed by atoms with Crippen molar-refractivity contribution in [3.8, 4) is 0 Å². The van der Waals surface area contributed by atoms with E-state index < -0.39 is 23.8 Å². The van der Waals surface area contributed by atoms with E-state index >= 15 is 0 Å². The Balaban J connectivity index is 2.63. The summed E-state index contributed by atoms with van der Waals surface area (Å²) in [4.78, 5) is 33.1. The number of nitrogens with two attached hydrogens (primary N) is 1. The number of rotatable bonds is 6. The van der Waals surface area contributed by atoms with Crippen LogP contribution in [0.5, 0.6) is 0 Å². The number of carboxylic acids is 1. The van der Waals surface area contributed by atoms with Gasteiger partial charge in [0.2, 0.25) is 5.91 Å². The Morgan fingerprint density at radius 3 is 2.67 bits per heavy atom. The molecule has 1 aromatic rings. The SMILES string of the molecule is Cc1cc(C(=O)N[C@H](CCC(N)=O)C(=O)O)no1. The van der Waals surface area contributed by atoms with Crippen LogP contribution in [0.2, 0.25) is 0 Å². The highest BCUT2D eigenvalue weighted by Gasteiger charge is 2.22. The van der Waals surface area contributed by atoms with Gasteiger partial charge < -0.3 is 20.7 Å². The van der Waals surface area contributed by atoms with E-state index in [0.717, 1.165) is 0 Å². The molecule has 0 radical (unpaired) electrons. The third kappa shape index (κ3) is 3.89. The summed E-state index contributed by atoms with van der Waals surface area (Å²) < 4.78 is 4.69. The molecule has 1 aromatic heterocycles. The highest BCUT2D eigenvalue weighted by atomic mass is 16.5. The Labute approximate surface area is 102 Å². The molecule has 0 aromatic carbocycles. The van der Waals surface area contributed by atoms with Gasteiger partial charge in [0, 0.05) is 12.5 Å². The molecule has 2 amide bonds. The van der Waals surface area contributed by atoms with Crippen molar-refractivity contribution in [2.24, 2.45) is 5.73 Å². The molecular formula is C10H13N3O5. The van der Waals surface area contributed by atoms with Crippen molar-refractivity contribution in [3.05, 3.63) is 17.5 Å². The van der Waals surface area contributed by atoms with Crippen LogP contribution in [0.3, 0.4) is 0 Å². The first-order valence-corrected chi connectivity index (χ1v) is 5.15. The first-order chi connectivity index (χ1) is 8.40. The molecule has 0 aliphatic heterocycles. The molecule has 0 saturated heterocycles. The van der Waals surface area contributed by atoms with Crippen LogP contribution < -0.4 is 11.1 Å². The van der Waals surface area contributed by atoms with Gasteiger partial charge in [-0.1, -0.05) is 5.16 Å². The number of aromatic nitrogens is 1. The average Bonchev–Trinajstić information content (AvgIpc) is 2.70. The Hall–Kier alpha value is -2.38. The second-order valence-corrected chi connectivity index (χ2v) is 3.69. The highest BCUT2D eigenvalue weighted by Crippen LogP contribution is 2.04. The lowest BCUT2D eigenvalue weighted by Gasteiger charge is -2.12. The molecule has 18 heavy (non-hydrogen) atoms. The summed E-state index contributed by atoms with van der Waals surface area (Å²) in [7, 11) is 0. The molecule has 8 heteroatoms. The minimum absolute atomic E-state index is 0.0159. The number of hydrogen-bond donors (Lipinski definition) is 3. The van der Waals surface area contributed by atoms with E-state index in [2.05, 4.69) is 10.5 Å². The molecule has 4 N–H and O–H groups in total. The number of carbonyl (C=O) groups excluding carboxylic acids is 2. The van der Waals surface area contributed by atoms with E-state index in [1.807, 2.05) is 0 Å². The molecular weight excluding hydrogens is 242 g/mol. The monoisotopic (exact) mass is 255 g/mol. The van der Waals surface area contributed by atoms with E-state index in [1.54, 1.807) is 6.92 Å². The predicted molar refractivity (Wildman–Crippen MR) is 58.6 cm³/mol. The predicted octanol–water partition coefficient (Wildman–Crippen LogP) is -0.568. The van der Waals surface area contributed by atoms with Crippen molar-refractivity contribution in [1.82, 2.24) is 10.5 Å². The summed E-state index contributed by atoms with van der Waals surface area (Å²) in [5.41, 5.74) is 4.90. The van der Waals surface area contributed by atoms with Crippen molar-refractivity contribution < 1.29 is 24.0 Å². The zero-order valence-electron chi connectivity index (χ0n) is 9.67. The van der Waals surface area contributed by atoms with Crippen LogP contribution in [0.25, 0.3) is 0 Å². The minimum Gasteiger partial charge on any atom is -0.480 e. The summed E-state index contributed by atoms with van der Waals surface area (Å²) in [6.45, 7) is 1.60. The maximum atomic E-state index is 11.6. The molecule has 0 bridgehead atoms. The van der Waals surface area contributed by atoms with Gasteiger partial charge in [-0.15, -0.1) is 0 Å². The number of hydrogen-bond acceptors (Lipinski definition) is 5. The largest absolute Gasteiger partial charge is 0.480 e. The lowest BCUT2D eigenvalue weighted by Crippen LogP contribution is -2.41. The smallest absolute Gasteiger partial charge is 0.326 e. The lowest BCUT2D eigenvalue weighted by molar-refractivity contribution is -0.139. The number of aryl methyl sites for hydroxylation is 1. The van der Waals surface area contributed by atoms with Gasteiger partial charge in [-0.2, -0.15) is 0 Å². The molecule has 1 heterocycles. The van der Waals surface area contributed by atoms with Crippen molar-refractivity contribution >= 4 is 17.8 Å². The highest BCUT2D eigenvalue weighted by molar-refractivity contribution is 5.95. The van der Waals surface area contributed by atoms with Crippen molar-refractivity contribution in [3.63, 3.8) is 0 Å². The number of carboxylic acid groups (broad SMARTS) is 1. The summed E-state index contributed by atoms with van der Waals surface area (Å²) >= 11 is 0. The summed E-state index contributed by atoms with van der Waals surface area (Å²) in [6.07, 6.45) is -0.206. The fourth-order valence-electron chi connectivity index (χ4n) is 1.25. The fourth-order valence-corrected chi connectivity index (χ4v) is 1.25. The van der Waals surface area contributed by atoms with Crippen LogP contribution in [-0.4, -0.2) is 34.1 Å². The molecule has 1 atom stereocenters. The van der Waals surface area contributed by atoms with E-state index in [4.69, 9.17) is 15.4 Å². The first kappa shape index (κ1) is 13.7. The summed E-state index contributed by atoms with van der Waals surface area (Å²) in [5, 5.41) is 14.6. The zero-order valence-corrected chi connectivity index (χ0v) is 9.67. The topological polar surface area (TPSA) is 136 Å². The second-order valence-electron chi connectivity index (χ2n) is 3.69. The van der Waals surface area contributed by atoms with Gasteiger partial charge in [0.05, 0.1) is 0 Å². The maximum absolute atomic E-state index is 11.6. The molecule has 0 unspecified atom stereocenters. The third-order valence-electron chi connectivity index (χ3n) is 2.14. The quantitative estimate of drug-likeness (QED) is 0.622. The molecule has 0 aliphatic rings. The molecule has 1 rings (SSSR count). The molecule has 0 spiro atoms. The Kier molecular flexibility index (Phi) is 4.41. The number of aliphatic carboxylic acids is 1. The van der Waals surface area contributed by atoms with Gasteiger partial charge in [-0.05, 0) is 13.3 Å². The maximum Gasteiger partial charge on any atom is 0.326 e. The average molecular weight is 255 g/mol. The number of carbonyl (C=O) groups is 3. The Morgan fingerprint density at radius 1 is 1.56 bits per heavy atom. The van der Waals surface area contributed by atoms with Crippen LogP contribution in [0.15, 0.2) is 10.6 Å². The van der Waals surface area contributed by atoms with Crippen LogP contribution in [0.4, 0.5) is 0 Å². The lowest BCUT2D eigenvalue weighted by atomic mass is 10.1. The molecule has 0 saturated carbocycles. The zero-order chi connectivity index (χ0) is 13.7. The standard InChI is InChI=1S/C10H13N3O5/c1-5-4-7(13-18-5)9(15)12-6(10(16)17)2-3-8(11)14/h4,6H,2-3H2,1H3,(H2,11,14)(H,12,15)(H,16,17)/t6-/m1/s1.